The van der Waals surface area contributed by atoms with Crippen LogP contribution in [0.2, 0.25) is 0 Å². The van der Waals surface area contributed by atoms with Crippen LogP contribution in [0.4, 0.5) is 0 Å². The second-order valence-corrected chi connectivity index (χ2v) is 6.17. The average molecular weight is 285 g/mol. The summed E-state index contributed by atoms with van der Waals surface area (Å²) in [5.74, 6) is 0.608. The summed E-state index contributed by atoms with van der Waals surface area (Å²) in [6, 6.07) is 0.635. The van der Waals surface area contributed by atoms with Gasteiger partial charge in [-0.25, -0.2) is 0 Å². The van der Waals surface area contributed by atoms with Crippen LogP contribution >= 0.6 is 0 Å². The molecule has 0 aromatic carbocycles. The molecule has 1 fully saturated rings. The summed E-state index contributed by atoms with van der Waals surface area (Å²) in [7, 11) is 0. The third-order valence-corrected chi connectivity index (χ3v) is 4.29. The average Bonchev–Trinajstić information content (AvgIpc) is 2.62. The maximum absolute atomic E-state index is 4.35. The lowest BCUT2D eigenvalue weighted by Crippen LogP contribution is -2.31. The predicted molar refractivity (Wildman–Crippen MR) is 95.4 cm³/mol. The molecule has 0 aromatic rings. The van der Waals surface area contributed by atoms with Crippen LogP contribution in [-0.4, -0.2) is 24.0 Å². The maximum Gasteiger partial charge on any atom is 0.00387 e. The number of likely N-dealkylation sites (tertiary alicyclic amines) is 1. The summed E-state index contributed by atoms with van der Waals surface area (Å²) in [6.45, 7) is 18.8. The summed E-state index contributed by atoms with van der Waals surface area (Å²) in [5.41, 5.74) is 2.85. The molecule has 0 saturated carbocycles. The van der Waals surface area contributed by atoms with Gasteiger partial charge in [0.1, 0.15) is 0 Å². The second kappa shape index (κ2) is 9.57. The fourth-order valence-corrected chi connectivity index (χ4v) is 2.88. The van der Waals surface area contributed by atoms with Gasteiger partial charge in [0.15, 0.2) is 0 Å². The molecule has 1 heteroatoms. The largest absolute Gasteiger partial charge is 0.301 e. The quantitative estimate of drug-likeness (QED) is 0.453. The number of nitrogens with zero attached hydrogens (tertiary/aromatic N) is 1. The normalized spacial score (nSPS) is 21.8. The minimum absolute atomic E-state index is 0.608. The molecular formula is C20H31N. The van der Waals surface area contributed by atoms with E-state index in [1.807, 2.05) is 18.2 Å². The Morgan fingerprint density at radius 2 is 2.05 bits per heavy atom. The molecule has 0 N–H and O–H groups in total. The Morgan fingerprint density at radius 3 is 2.67 bits per heavy atom. The molecule has 1 heterocycles. The van der Waals surface area contributed by atoms with Gasteiger partial charge in [-0.05, 0) is 52.0 Å². The SMILES string of the molecule is C=C/C=C\C=C(/CC=C)CC1CCN(C(C)C)CCC1=C. The molecule has 0 radical (unpaired) electrons. The van der Waals surface area contributed by atoms with E-state index in [0.29, 0.717) is 12.0 Å². The van der Waals surface area contributed by atoms with Crippen LogP contribution in [0.15, 0.2) is 61.3 Å². The molecule has 1 rings (SSSR count). The number of hydrogen-bond acceptors (Lipinski definition) is 1. The van der Waals surface area contributed by atoms with Crippen molar-refractivity contribution in [1.82, 2.24) is 4.90 Å². The summed E-state index contributed by atoms with van der Waals surface area (Å²) >= 11 is 0. The van der Waals surface area contributed by atoms with Crippen LogP contribution < -0.4 is 0 Å². The Bertz CT molecular complexity index is 412. The maximum atomic E-state index is 4.35. The van der Waals surface area contributed by atoms with Gasteiger partial charge in [0.2, 0.25) is 0 Å². The van der Waals surface area contributed by atoms with E-state index in [-0.39, 0.29) is 0 Å². The Morgan fingerprint density at radius 1 is 1.29 bits per heavy atom. The van der Waals surface area contributed by atoms with E-state index >= 15 is 0 Å². The molecule has 1 atom stereocenters. The first-order chi connectivity index (χ1) is 10.1. The van der Waals surface area contributed by atoms with E-state index in [4.69, 9.17) is 0 Å². The first-order valence-corrected chi connectivity index (χ1v) is 8.08. The Labute approximate surface area is 131 Å². The lowest BCUT2D eigenvalue weighted by atomic mass is 9.88. The van der Waals surface area contributed by atoms with Gasteiger partial charge in [-0.3, -0.25) is 0 Å². The van der Waals surface area contributed by atoms with E-state index in [0.717, 1.165) is 25.8 Å². The first kappa shape index (κ1) is 17.7. The highest BCUT2D eigenvalue weighted by atomic mass is 15.1. The molecule has 0 aromatic heterocycles. The molecule has 0 aliphatic carbocycles. The van der Waals surface area contributed by atoms with Gasteiger partial charge >= 0.3 is 0 Å². The summed E-state index contributed by atoms with van der Waals surface area (Å²) in [5, 5.41) is 0. The van der Waals surface area contributed by atoms with Crippen LogP contribution in [0.3, 0.4) is 0 Å². The zero-order valence-electron chi connectivity index (χ0n) is 13.9. The van der Waals surface area contributed by atoms with Crippen molar-refractivity contribution in [3.63, 3.8) is 0 Å². The lowest BCUT2D eigenvalue weighted by molar-refractivity contribution is 0.228. The summed E-state index contributed by atoms with van der Waals surface area (Å²) in [4.78, 5) is 2.57. The fourth-order valence-electron chi connectivity index (χ4n) is 2.88. The fraction of sp³-hybridized carbons (Fsp3) is 0.500. The molecule has 1 aliphatic heterocycles. The third-order valence-electron chi connectivity index (χ3n) is 4.29. The highest BCUT2D eigenvalue weighted by Crippen LogP contribution is 2.29. The van der Waals surface area contributed by atoms with Gasteiger partial charge in [0.25, 0.3) is 0 Å². The molecule has 0 bridgehead atoms. The molecule has 0 spiro atoms. The number of hydrogen-bond donors (Lipinski definition) is 0. The Kier molecular flexibility index (Phi) is 8.07. The van der Waals surface area contributed by atoms with Crippen LogP contribution in [0.1, 0.15) is 39.5 Å². The minimum atomic E-state index is 0.608. The van der Waals surface area contributed by atoms with E-state index in [2.05, 4.69) is 50.6 Å². The van der Waals surface area contributed by atoms with Crippen molar-refractivity contribution in [1.29, 1.82) is 0 Å². The zero-order chi connectivity index (χ0) is 15.7. The van der Waals surface area contributed by atoms with Gasteiger partial charge in [-0.1, -0.05) is 54.7 Å². The minimum Gasteiger partial charge on any atom is -0.301 e. The molecule has 0 amide bonds. The van der Waals surface area contributed by atoms with Gasteiger partial charge < -0.3 is 4.90 Å². The van der Waals surface area contributed by atoms with Gasteiger partial charge in [0, 0.05) is 12.6 Å². The van der Waals surface area contributed by atoms with E-state index in [1.54, 1.807) is 0 Å². The standard InChI is InChI=1S/C20H31N/c1-6-8-9-11-19(10-7-2)16-20-13-15-21(17(3)4)14-12-18(20)5/h6-9,11,17,20H,1-2,5,10,12-16H2,3-4H3/b9-8-,19-11+. The Hall–Kier alpha value is -1.34. The van der Waals surface area contributed by atoms with Crippen LogP contribution in [0, 0.1) is 5.92 Å². The monoisotopic (exact) mass is 285 g/mol. The highest BCUT2D eigenvalue weighted by Gasteiger charge is 2.21. The van der Waals surface area contributed by atoms with E-state index < -0.39 is 0 Å². The summed E-state index contributed by atoms with van der Waals surface area (Å²) in [6.07, 6.45) is 14.5. The van der Waals surface area contributed by atoms with Gasteiger partial charge in [-0.2, -0.15) is 0 Å². The molecule has 1 unspecified atom stereocenters. The van der Waals surface area contributed by atoms with Crippen molar-refractivity contribution in [2.45, 2.75) is 45.6 Å². The second-order valence-electron chi connectivity index (χ2n) is 6.17. The molecule has 1 nitrogen and oxygen atoms in total. The van der Waals surface area contributed by atoms with E-state index in [9.17, 15) is 0 Å². The third kappa shape index (κ3) is 6.31. The van der Waals surface area contributed by atoms with Gasteiger partial charge in [-0.15, -0.1) is 6.58 Å². The first-order valence-electron chi connectivity index (χ1n) is 8.08. The topological polar surface area (TPSA) is 3.24 Å². The number of rotatable bonds is 7. The molecular weight excluding hydrogens is 254 g/mol. The van der Waals surface area contributed by atoms with Crippen molar-refractivity contribution in [3.05, 3.63) is 61.3 Å². The molecule has 21 heavy (non-hydrogen) atoms. The predicted octanol–water partition coefficient (Wildman–Crippen LogP) is 5.30. The molecule has 1 aliphatic rings. The van der Waals surface area contributed by atoms with Gasteiger partial charge in [0.05, 0.1) is 0 Å². The summed E-state index contributed by atoms with van der Waals surface area (Å²) < 4.78 is 0. The Balaban J connectivity index is 2.70. The van der Waals surface area contributed by atoms with Crippen LogP contribution in [-0.2, 0) is 0 Å². The van der Waals surface area contributed by atoms with Crippen molar-refractivity contribution in [2.24, 2.45) is 5.92 Å². The zero-order valence-corrected chi connectivity index (χ0v) is 13.9. The smallest absolute Gasteiger partial charge is 0.00387 e. The van der Waals surface area contributed by atoms with Crippen LogP contribution in [0.5, 0.6) is 0 Å². The molecule has 116 valence electrons. The lowest BCUT2D eigenvalue weighted by Gasteiger charge is -2.24. The van der Waals surface area contributed by atoms with E-state index in [1.165, 1.54) is 24.1 Å². The van der Waals surface area contributed by atoms with Crippen molar-refractivity contribution < 1.29 is 0 Å². The van der Waals surface area contributed by atoms with Crippen molar-refractivity contribution in [3.8, 4) is 0 Å². The molecule has 1 saturated heterocycles. The number of allylic oxidation sites excluding steroid dienone is 6. The van der Waals surface area contributed by atoms with Crippen molar-refractivity contribution >= 4 is 0 Å². The van der Waals surface area contributed by atoms with Crippen LogP contribution in [0.25, 0.3) is 0 Å². The van der Waals surface area contributed by atoms with Crippen molar-refractivity contribution in [2.75, 3.05) is 13.1 Å². The highest BCUT2D eigenvalue weighted by molar-refractivity contribution is 5.20.